The van der Waals surface area contributed by atoms with Gasteiger partial charge in [-0.3, -0.25) is 0 Å². The summed E-state index contributed by atoms with van der Waals surface area (Å²) in [4.78, 5) is 0. The van der Waals surface area contributed by atoms with Crippen LogP contribution in [0.2, 0.25) is 0 Å². The van der Waals surface area contributed by atoms with E-state index < -0.39 is 0 Å². The molecule has 0 heterocycles. The lowest BCUT2D eigenvalue weighted by atomic mass is 10.1. The van der Waals surface area contributed by atoms with Crippen LogP contribution in [0.1, 0.15) is 44.7 Å². The molecule has 0 aliphatic carbocycles. The van der Waals surface area contributed by atoms with Crippen LogP contribution in [0.5, 0.6) is 11.5 Å². The van der Waals surface area contributed by atoms with Crippen LogP contribution in [0.25, 0.3) is 0 Å². The first-order valence-electron chi connectivity index (χ1n) is 7.71. The van der Waals surface area contributed by atoms with E-state index in [9.17, 15) is 5.11 Å². The fourth-order valence-corrected chi connectivity index (χ4v) is 2.08. The SMILES string of the molecule is CCc1cc(O)cc(C)c1OCCCCOCC=C(C)C. The maximum absolute atomic E-state index is 9.60. The molecule has 0 saturated heterocycles. The van der Waals surface area contributed by atoms with Crippen molar-refractivity contribution in [1.82, 2.24) is 0 Å². The Hall–Kier alpha value is -1.48. The summed E-state index contributed by atoms with van der Waals surface area (Å²) in [5.41, 5.74) is 3.34. The molecule has 0 unspecified atom stereocenters. The number of rotatable bonds is 9. The molecule has 0 bridgehead atoms. The average Bonchev–Trinajstić information content (AvgIpc) is 2.42. The summed E-state index contributed by atoms with van der Waals surface area (Å²) < 4.78 is 11.4. The van der Waals surface area contributed by atoms with E-state index in [1.807, 2.05) is 6.92 Å². The van der Waals surface area contributed by atoms with Crippen LogP contribution in [0.15, 0.2) is 23.8 Å². The molecular weight excluding hydrogens is 264 g/mol. The van der Waals surface area contributed by atoms with E-state index >= 15 is 0 Å². The predicted molar refractivity (Wildman–Crippen MR) is 87.2 cm³/mol. The summed E-state index contributed by atoms with van der Waals surface area (Å²) in [6, 6.07) is 3.53. The molecule has 1 rings (SSSR count). The number of unbranched alkanes of at least 4 members (excludes halogenated alkanes) is 1. The van der Waals surface area contributed by atoms with Crippen LogP contribution in [0.3, 0.4) is 0 Å². The van der Waals surface area contributed by atoms with Gasteiger partial charge in [0.2, 0.25) is 0 Å². The normalized spacial score (nSPS) is 10.5. The highest BCUT2D eigenvalue weighted by Gasteiger charge is 2.07. The molecule has 0 aliphatic heterocycles. The summed E-state index contributed by atoms with van der Waals surface area (Å²) in [5, 5.41) is 9.60. The Labute approximate surface area is 128 Å². The van der Waals surface area contributed by atoms with E-state index in [4.69, 9.17) is 9.47 Å². The number of ether oxygens (including phenoxy) is 2. The van der Waals surface area contributed by atoms with Crippen LogP contribution in [-0.2, 0) is 11.2 Å². The van der Waals surface area contributed by atoms with E-state index in [1.54, 1.807) is 12.1 Å². The molecule has 0 radical (unpaired) electrons. The van der Waals surface area contributed by atoms with Crippen molar-refractivity contribution in [3.05, 3.63) is 34.9 Å². The highest BCUT2D eigenvalue weighted by atomic mass is 16.5. The molecular formula is C18H28O3. The molecule has 3 heteroatoms. The summed E-state index contributed by atoms with van der Waals surface area (Å²) in [5.74, 6) is 1.23. The highest BCUT2D eigenvalue weighted by molar-refractivity contribution is 5.46. The topological polar surface area (TPSA) is 38.7 Å². The van der Waals surface area contributed by atoms with Crippen molar-refractivity contribution in [2.24, 2.45) is 0 Å². The van der Waals surface area contributed by atoms with Gasteiger partial charge < -0.3 is 14.6 Å². The second-order valence-electron chi connectivity index (χ2n) is 5.52. The standard InChI is InChI=1S/C18H28O3/c1-5-16-13-17(19)12-15(4)18(16)21-10-7-6-9-20-11-8-14(2)3/h8,12-13,19H,5-7,9-11H2,1-4H3. The van der Waals surface area contributed by atoms with Crippen molar-refractivity contribution < 1.29 is 14.6 Å². The van der Waals surface area contributed by atoms with Gasteiger partial charge in [-0.05, 0) is 63.3 Å². The number of aryl methyl sites for hydroxylation is 2. The monoisotopic (exact) mass is 292 g/mol. The van der Waals surface area contributed by atoms with Crippen LogP contribution >= 0.6 is 0 Å². The maximum Gasteiger partial charge on any atom is 0.125 e. The van der Waals surface area contributed by atoms with Gasteiger partial charge in [0.25, 0.3) is 0 Å². The van der Waals surface area contributed by atoms with Crippen molar-refractivity contribution in [2.75, 3.05) is 19.8 Å². The van der Waals surface area contributed by atoms with Crippen molar-refractivity contribution in [3.8, 4) is 11.5 Å². The first kappa shape index (κ1) is 17.6. The second kappa shape index (κ2) is 9.46. The number of hydrogen-bond donors (Lipinski definition) is 1. The Balaban J connectivity index is 2.28. The Kier molecular flexibility index (Phi) is 7.91. The third-order valence-electron chi connectivity index (χ3n) is 3.26. The van der Waals surface area contributed by atoms with Gasteiger partial charge in [0.05, 0.1) is 13.2 Å². The molecule has 0 atom stereocenters. The minimum absolute atomic E-state index is 0.310. The average molecular weight is 292 g/mol. The smallest absolute Gasteiger partial charge is 0.125 e. The van der Waals surface area contributed by atoms with Crippen molar-refractivity contribution >= 4 is 0 Å². The minimum Gasteiger partial charge on any atom is -0.508 e. The molecule has 0 amide bonds. The summed E-state index contributed by atoms with van der Waals surface area (Å²) >= 11 is 0. The lowest BCUT2D eigenvalue weighted by Crippen LogP contribution is -2.04. The van der Waals surface area contributed by atoms with Gasteiger partial charge in [-0.15, -0.1) is 0 Å². The minimum atomic E-state index is 0.310. The maximum atomic E-state index is 9.60. The van der Waals surface area contributed by atoms with Gasteiger partial charge in [-0.2, -0.15) is 0 Å². The van der Waals surface area contributed by atoms with E-state index in [0.717, 1.165) is 42.7 Å². The van der Waals surface area contributed by atoms with Gasteiger partial charge in [0.15, 0.2) is 0 Å². The fraction of sp³-hybridized carbons (Fsp3) is 0.556. The lowest BCUT2D eigenvalue weighted by molar-refractivity contribution is 0.151. The molecule has 1 aromatic carbocycles. The molecule has 118 valence electrons. The molecule has 1 aromatic rings. The molecule has 1 N–H and O–H groups in total. The van der Waals surface area contributed by atoms with Crippen LogP contribution in [-0.4, -0.2) is 24.9 Å². The zero-order valence-corrected chi connectivity index (χ0v) is 13.7. The second-order valence-corrected chi connectivity index (χ2v) is 5.52. The quantitative estimate of drug-likeness (QED) is 0.541. The van der Waals surface area contributed by atoms with Gasteiger partial charge in [-0.25, -0.2) is 0 Å². The molecule has 0 saturated carbocycles. The number of phenols is 1. The third-order valence-corrected chi connectivity index (χ3v) is 3.26. The van der Waals surface area contributed by atoms with E-state index in [1.165, 1.54) is 5.57 Å². The van der Waals surface area contributed by atoms with Crippen LogP contribution in [0, 0.1) is 6.92 Å². The molecule has 0 aromatic heterocycles. The van der Waals surface area contributed by atoms with Gasteiger partial charge in [0, 0.05) is 6.61 Å². The molecule has 0 aliphatic rings. The molecule has 21 heavy (non-hydrogen) atoms. The Morgan fingerprint density at radius 3 is 2.57 bits per heavy atom. The number of phenolic OH excluding ortho intramolecular Hbond substituents is 1. The van der Waals surface area contributed by atoms with Crippen molar-refractivity contribution in [1.29, 1.82) is 0 Å². The van der Waals surface area contributed by atoms with Gasteiger partial charge in [0.1, 0.15) is 11.5 Å². The summed E-state index contributed by atoms with van der Waals surface area (Å²) in [7, 11) is 0. The van der Waals surface area contributed by atoms with Gasteiger partial charge in [-0.1, -0.05) is 18.6 Å². The molecule has 0 fully saturated rings. The number of hydrogen-bond acceptors (Lipinski definition) is 3. The summed E-state index contributed by atoms with van der Waals surface area (Å²) in [6.07, 6.45) is 4.91. The van der Waals surface area contributed by atoms with Crippen molar-refractivity contribution in [3.63, 3.8) is 0 Å². The fourth-order valence-electron chi connectivity index (χ4n) is 2.08. The third kappa shape index (κ3) is 6.67. The summed E-state index contributed by atoms with van der Waals surface area (Å²) in [6.45, 7) is 10.3. The Bertz CT molecular complexity index is 460. The number of aromatic hydroxyl groups is 1. The first-order chi connectivity index (χ1) is 10.0. The van der Waals surface area contributed by atoms with E-state index in [2.05, 4.69) is 26.8 Å². The highest BCUT2D eigenvalue weighted by Crippen LogP contribution is 2.29. The predicted octanol–water partition coefficient (Wildman–Crippen LogP) is 4.40. The molecule has 3 nitrogen and oxygen atoms in total. The van der Waals surface area contributed by atoms with Gasteiger partial charge >= 0.3 is 0 Å². The number of benzene rings is 1. The van der Waals surface area contributed by atoms with Crippen molar-refractivity contribution in [2.45, 2.75) is 47.0 Å². The Morgan fingerprint density at radius 2 is 1.90 bits per heavy atom. The molecule has 0 spiro atoms. The van der Waals surface area contributed by atoms with E-state index in [0.29, 0.717) is 19.0 Å². The van der Waals surface area contributed by atoms with Crippen LogP contribution in [0.4, 0.5) is 0 Å². The first-order valence-corrected chi connectivity index (χ1v) is 7.71. The zero-order valence-electron chi connectivity index (χ0n) is 13.7. The largest absolute Gasteiger partial charge is 0.508 e. The Morgan fingerprint density at radius 1 is 1.19 bits per heavy atom. The zero-order chi connectivity index (χ0) is 15.7. The number of allylic oxidation sites excluding steroid dienone is 1. The van der Waals surface area contributed by atoms with E-state index in [-0.39, 0.29) is 0 Å². The lowest BCUT2D eigenvalue weighted by Gasteiger charge is -2.14. The van der Waals surface area contributed by atoms with Crippen LogP contribution < -0.4 is 4.74 Å².